The van der Waals surface area contributed by atoms with Gasteiger partial charge in [0.1, 0.15) is 6.10 Å². The molecule has 0 N–H and O–H groups in total. The summed E-state index contributed by atoms with van der Waals surface area (Å²) in [4.78, 5) is 0. The van der Waals surface area contributed by atoms with E-state index in [1.54, 1.807) is 0 Å². The molecule has 2 rings (SSSR count). The number of ether oxygens (including phenoxy) is 1. The lowest BCUT2D eigenvalue weighted by Crippen LogP contribution is -1.94. The lowest BCUT2D eigenvalue weighted by atomic mass is 10.1. The highest BCUT2D eigenvalue weighted by molar-refractivity contribution is 5.25. The van der Waals surface area contributed by atoms with Gasteiger partial charge in [-0.05, 0) is 18.1 Å². The topological polar surface area (TPSA) is 9.23 Å². The molecule has 0 fully saturated rings. The van der Waals surface area contributed by atoms with Gasteiger partial charge in [-0.2, -0.15) is 0 Å². The van der Waals surface area contributed by atoms with E-state index in [-0.39, 0.29) is 6.10 Å². The maximum Gasteiger partial charge on any atom is 0.101 e. The molecular weight excluding hydrogens is 148 g/mol. The monoisotopic (exact) mass is 160 g/mol. The van der Waals surface area contributed by atoms with Crippen molar-refractivity contribution in [3.63, 3.8) is 0 Å². The fourth-order valence-electron chi connectivity index (χ4n) is 1.41. The zero-order chi connectivity index (χ0) is 8.39. The second-order valence-corrected chi connectivity index (χ2v) is 3.16. The van der Waals surface area contributed by atoms with E-state index >= 15 is 0 Å². The van der Waals surface area contributed by atoms with Gasteiger partial charge in [-0.3, -0.25) is 0 Å². The van der Waals surface area contributed by atoms with Crippen molar-refractivity contribution in [1.82, 2.24) is 0 Å². The Labute approximate surface area is 72.7 Å². The van der Waals surface area contributed by atoms with Crippen LogP contribution in [0.3, 0.4) is 0 Å². The van der Waals surface area contributed by atoms with Crippen LogP contribution in [0.25, 0.3) is 0 Å². The Hall–Kier alpha value is -1.08. The average molecular weight is 160 g/mol. The Bertz CT molecular complexity index is 287. The van der Waals surface area contributed by atoms with Crippen LogP contribution in [0.5, 0.6) is 0 Å². The van der Waals surface area contributed by atoms with Gasteiger partial charge < -0.3 is 4.74 Å². The van der Waals surface area contributed by atoms with Gasteiger partial charge in [0.25, 0.3) is 0 Å². The van der Waals surface area contributed by atoms with E-state index in [9.17, 15) is 0 Å². The smallest absolute Gasteiger partial charge is 0.101 e. The van der Waals surface area contributed by atoms with Crippen LogP contribution >= 0.6 is 0 Å². The lowest BCUT2D eigenvalue weighted by molar-refractivity contribution is 0.126. The Morgan fingerprint density at radius 3 is 2.58 bits per heavy atom. The summed E-state index contributed by atoms with van der Waals surface area (Å²) in [5.74, 6) is 0. The molecule has 0 aromatic heterocycles. The predicted molar refractivity (Wildman–Crippen MR) is 48.9 cm³/mol. The molecule has 1 aromatic rings. The van der Waals surface area contributed by atoms with Gasteiger partial charge in [-0.15, -0.1) is 0 Å². The van der Waals surface area contributed by atoms with E-state index in [1.807, 2.05) is 18.2 Å². The van der Waals surface area contributed by atoms with Gasteiger partial charge in [-0.1, -0.05) is 36.4 Å². The van der Waals surface area contributed by atoms with E-state index in [2.05, 4.69) is 25.1 Å². The third kappa shape index (κ3) is 1.41. The molecule has 1 atom stereocenters. The molecule has 1 aromatic carbocycles. The quantitative estimate of drug-likeness (QED) is 0.574. The number of hydrogen-bond acceptors (Lipinski definition) is 1. The molecule has 0 saturated carbocycles. The van der Waals surface area contributed by atoms with Crippen molar-refractivity contribution in [2.24, 2.45) is 0 Å². The van der Waals surface area contributed by atoms with Crippen LogP contribution in [0.2, 0.25) is 0 Å². The van der Waals surface area contributed by atoms with Crippen molar-refractivity contribution in [2.75, 3.05) is 6.61 Å². The molecular formula is C11H12O. The number of rotatable bonds is 1. The zero-order valence-electron chi connectivity index (χ0n) is 7.16. The van der Waals surface area contributed by atoms with Crippen LogP contribution in [-0.4, -0.2) is 6.61 Å². The van der Waals surface area contributed by atoms with Crippen molar-refractivity contribution in [3.8, 4) is 0 Å². The second kappa shape index (κ2) is 3.11. The van der Waals surface area contributed by atoms with Gasteiger partial charge in [0, 0.05) is 0 Å². The number of benzene rings is 1. The van der Waals surface area contributed by atoms with E-state index in [1.165, 1.54) is 11.1 Å². The molecule has 0 radical (unpaired) electrons. The van der Waals surface area contributed by atoms with E-state index in [0.29, 0.717) is 0 Å². The predicted octanol–water partition coefficient (Wildman–Crippen LogP) is 2.70. The minimum atomic E-state index is 0.186. The van der Waals surface area contributed by atoms with E-state index in [0.717, 1.165) is 6.61 Å². The minimum absolute atomic E-state index is 0.186. The normalized spacial score (nSPS) is 22.4. The first kappa shape index (κ1) is 7.56. The van der Waals surface area contributed by atoms with Crippen LogP contribution in [-0.2, 0) is 4.74 Å². The van der Waals surface area contributed by atoms with Crippen molar-refractivity contribution >= 4 is 0 Å². The summed E-state index contributed by atoms with van der Waals surface area (Å²) in [6.07, 6.45) is 2.36. The first-order valence-corrected chi connectivity index (χ1v) is 4.20. The van der Waals surface area contributed by atoms with Crippen LogP contribution in [0.4, 0.5) is 0 Å². The van der Waals surface area contributed by atoms with Crippen molar-refractivity contribution in [1.29, 1.82) is 0 Å². The molecule has 12 heavy (non-hydrogen) atoms. The SMILES string of the molecule is CC1=C[C@H](c2ccccc2)OC1. The standard InChI is InChI=1S/C11H12O/c1-9-7-11(12-8-9)10-5-3-2-4-6-10/h2-7,11H,8H2,1H3/t11-/m1/s1. The third-order valence-electron chi connectivity index (χ3n) is 2.05. The molecule has 1 aliphatic heterocycles. The summed E-state index contributed by atoms with van der Waals surface area (Å²) in [5.41, 5.74) is 2.57. The molecule has 0 amide bonds. The first-order valence-electron chi connectivity index (χ1n) is 4.20. The largest absolute Gasteiger partial charge is 0.365 e. The van der Waals surface area contributed by atoms with Gasteiger partial charge in [0.2, 0.25) is 0 Å². The highest BCUT2D eigenvalue weighted by atomic mass is 16.5. The fraction of sp³-hybridized carbons (Fsp3) is 0.273. The molecule has 1 heteroatoms. The van der Waals surface area contributed by atoms with Gasteiger partial charge in [-0.25, -0.2) is 0 Å². The molecule has 0 aliphatic carbocycles. The molecule has 1 heterocycles. The summed E-state index contributed by atoms with van der Waals surface area (Å²) in [6, 6.07) is 10.3. The Balaban J connectivity index is 2.22. The van der Waals surface area contributed by atoms with Crippen molar-refractivity contribution in [3.05, 3.63) is 47.5 Å². The molecule has 0 bridgehead atoms. The van der Waals surface area contributed by atoms with Crippen LogP contribution in [0, 0.1) is 0 Å². The highest BCUT2D eigenvalue weighted by Gasteiger charge is 2.14. The summed E-state index contributed by atoms with van der Waals surface area (Å²) in [6.45, 7) is 2.88. The molecule has 62 valence electrons. The van der Waals surface area contributed by atoms with Crippen molar-refractivity contribution < 1.29 is 4.74 Å². The van der Waals surface area contributed by atoms with Gasteiger partial charge >= 0.3 is 0 Å². The summed E-state index contributed by atoms with van der Waals surface area (Å²) in [5, 5.41) is 0. The van der Waals surface area contributed by atoms with E-state index in [4.69, 9.17) is 4.74 Å². The molecule has 0 saturated heterocycles. The van der Waals surface area contributed by atoms with Crippen molar-refractivity contribution in [2.45, 2.75) is 13.0 Å². The van der Waals surface area contributed by atoms with Crippen LogP contribution < -0.4 is 0 Å². The minimum Gasteiger partial charge on any atom is -0.365 e. The second-order valence-electron chi connectivity index (χ2n) is 3.16. The van der Waals surface area contributed by atoms with E-state index < -0.39 is 0 Å². The maximum absolute atomic E-state index is 5.56. The zero-order valence-corrected chi connectivity index (χ0v) is 7.16. The van der Waals surface area contributed by atoms with Gasteiger partial charge in [0.15, 0.2) is 0 Å². The molecule has 1 nitrogen and oxygen atoms in total. The summed E-state index contributed by atoms with van der Waals surface area (Å²) >= 11 is 0. The molecule has 0 unspecified atom stereocenters. The molecule has 1 aliphatic rings. The summed E-state index contributed by atoms with van der Waals surface area (Å²) < 4.78 is 5.56. The Kier molecular flexibility index (Phi) is 1.96. The van der Waals surface area contributed by atoms with Crippen LogP contribution in [0.15, 0.2) is 42.0 Å². The summed E-state index contributed by atoms with van der Waals surface area (Å²) in [7, 11) is 0. The third-order valence-corrected chi connectivity index (χ3v) is 2.05. The van der Waals surface area contributed by atoms with Crippen LogP contribution in [0.1, 0.15) is 18.6 Å². The maximum atomic E-state index is 5.56. The fourth-order valence-corrected chi connectivity index (χ4v) is 1.41. The Morgan fingerprint density at radius 2 is 2.00 bits per heavy atom. The Morgan fingerprint density at radius 1 is 1.25 bits per heavy atom. The first-order chi connectivity index (χ1) is 5.86. The molecule has 0 spiro atoms. The number of hydrogen-bond donors (Lipinski definition) is 0. The average Bonchev–Trinajstić information content (AvgIpc) is 2.54. The lowest BCUT2D eigenvalue weighted by Gasteiger charge is -2.06. The van der Waals surface area contributed by atoms with Gasteiger partial charge in [0.05, 0.1) is 6.61 Å². The highest BCUT2D eigenvalue weighted by Crippen LogP contribution is 2.25.